The van der Waals surface area contributed by atoms with Crippen LogP contribution in [0.15, 0.2) is 24.7 Å². The quantitative estimate of drug-likeness (QED) is 0.863. The van der Waals surface area contributed by atoms with Gasteiger partial charge in [0.2, 0.25) is 5.95 Å². The molecule has 0 radical (unpaired) electrons. The maximum Gasteiger partial charge on any atom is 0.223 e. The van der Waals surface area contributed by atoms with Crippen LogP contribution in [0.3, 0.4) is 0 Å². The second-order valence-electron chi connectivity index (χ2n) is 3.25. The molecule has 0 spiro atoms. The second-order valence-corrected chi connectivity index (χ2v) is 4.51. The van der Waals surface area contributed by atoms with Crippen molar-refractivity contribution >= 4 is 17.3 Å². The van der Waals surface area contributed by atoms with Crippen molar-refractivity contribution in [3.05, 3.63) is 34.5 Å². The lowest BCUT2D eigenvalue weighted by Crippen LogP contribution is -2.08. The third kappa shape index (κ3) is 2.50. The van der Waals surface area contributed by atoms with E-state index in [0.717, 1.165) is 5.01 Å². The van der Waals surface area contributed by atoms with Gasteiger partial charge in [-0.2, -0.15) is 0 Å². The van der Waals surface area contributed by atoms with E-state index >= 15 is 0 Å². The molecular weight excluding hydrogens is 208 g/mol. The smallest absolute Gasteiger partial charge is 0.223 e. The molecule has 0 bridgehead atoms. The highest BCUT2D eigenvalue weighted by atomic mass is 32.1. The molecule has 5 heteroatoms. The fourth-order valence-electron chi connectivity index (χ4n) is 1.20. The maximum absolute atomic E-state index is 4.31. The van der Waals surface area contributed by atoms with Crippen LogP contribution in [0.2, 0.25) is 0 Å². The number of hydrogen-bond acceptors (Lipinski definition) is 5. The number of rotatable bonds is 3. The highest BCUT2D eigenvalue weighted by Crippen LogP contribution is 2.21. The summed E-state index contributed by atoms with van der Waals surface area (Å²) < 4.78 is 0. The van der Waals surface area contributed by atoms with Crippen molar-refractivity contribution in [1.82, 2.24) is 15.0 Å². The number of anilines is 1. The van der Waals surface area contributed by atoms with Gasteiger partial charge in [0.1, 0.15) is 5.01 Å². The average Bonchev–Trinajstić information content (AvgIpc) is 2.66. The lowest BCUT2D eigenvalue weighted by Gasteiger charge is -2.09. The molecule has 0 aliphatic rings. The minimum atomic E-state index is 0.145. The first-order valence-electron chi connectivity index (χ1n) is 4.71. The fourth-order valence-corrected chi connectivity index (χ4v) is 1.98. The van der Waals surface area contributed by atoms with Crippen molar-refractivity contribution in [2.24, 2.45) is 0 Å². The van der Waals surface area contributed by atoms with Crippen LogP contribution in [-0.4, -0.2) is 15.0 Å². The van der Waals surface area contributed by atoms with Gasteiger partial charge in [0.15, 0.2) is 0 Å². The first kappa shape index (κ1) is 10.0. The van der Waals surface area contributed by atoms with Crippen molar-refractivity contribution in [2.45, 2.75) is 19.9 Å². The predicted molar refractivity (Wildman–Crippen MR) is 60.9 cm³/mol. The van der Waals surface area contributed by atoms with Crippen LogP contribution in [0.25, 0.3) is 0 Å². The van der Waals surface area contributed by atoms with Crippen molar-refractivity contribution in [3.63, 3.8) is 0 Å². The van der Waals surface area contributed by atoms with Gasteiger partial charge in [-0.25, -0.2) is 15.0 Å². The fraction of sp³-hybridized carbons (Fsp3) is 0.300. The molecule has 15 heavy (non-hydrogen) atoms. The SMILES string of the molecule is Cc1cnc(C(C)Nc2ncccn2)s1. The molecule has 0 aliphatic carbocycles. The molecule has 1 atom stereocenters. The Morgan fingerprint density at radius 2 is 2.00 bits per heavy atom. The minimum Gasteiger partial charge on any atom is -0.345 e. The normalized spacial score (nSPS) is 12.4. The summed E-state index contributed by atoms with van der Waals surface area (Å²) in [5.41, 5.74) is 0. The molecule has 2 aromatic rings. The van der Waals surface area contributed by atoms with Gasteiger partial charge in [0, 0.05) is 23.5 Å². The third-order valence-corrected chi connectivity index (χ3v) is 3.02. The molecule has 0 fully saturated rings. The second kappa shape index (κ2) is 4.35. The summed E-state index contributed by atoms with van der Waals surface area (Å²) in [6, 6.07) is 1.94. The van der Waals surface area contributed by atoms with Crippen LogP contribution in [0, 0.1) is 6.92 Å². The van der Waals surface area contributed by atoms with Crippen molar-refractivity contribution in [2.75, 3.05) is 5.32 Å². The van der Waals surface area contributed by atoms with E-state index in [-0.39, 0.29) is 6.04 Å². The van der Waals surface area contributed by atoms with Crippen molar-refractivity contribution < 1.29 is 0 Å². The number of hydrogen-bond donors (Lipinski definition) is 1. The summed E-state index contributed by atoms with van der Waals surface area (Å²) in [7, 11) is 0. The lowest BCUT2D eigenvalue weighted by atomic mass is 10.4. The summed E-state index contributed by atoms with van der Waals surface area (Å²) in [6.07, 6.45) is 5.31. The molecule has 4 nitrogen and oxygen atoms in total. The molecule has 0 aliphatic heterocycles. The van der Waals surface area contributed by atoms with Gasteiger partial charge >= 0.3 is 0 Å². The zero-order chi connectivity index (χ0) is 10.7. The summed E-state index contributed by atoms with van der Waals surface area (Å²) in [5.74, 6) is 0.637. The van der Waals surface area contributed by atoms with Crippen LogP contribution in [0.5, 0.6) is 0 Å². The Kier molecular flexibility index (Phi) is 2.91. The van der Waals surface area contributed by atoms with Crippen LogP contribution in [-0.2, 0) is 0 Å². The van der Waals surface area contributed by atoms with Crippen LogP contribution < -0.4 is 5.32 Å². The van der Waals surface area contributed by atoms with Crippen molar-refractivity contribution in [1.29, 1.82) is 0 Å². The molecular formula is C10H12N4S. The van der Waals surface area contributed by atoms with E-state index in [2.05, 4.69) is 27.2 Å². The molecule has 78 valence electrons. The van der Waals surface area contributed by atoms with E-state index in [1.54, 1.807) is 29.8 Å². The molecule has 1 N–H and O–H groups in total. The van der Waals surface area contributed by atoms with Gasteiger partial charge in [0.25, 0.3) is 0 Å². The molecule has 2 heterocycles. The lowest BCUT2D eigenvalue weighted by molar-refractivity contribution is 0.848. The highest BCUT2D eigenvalue weighted by Gasteiger charge is 2.09. The summed E-state index contributed by atoms with van der Waals surface area (Å²) in [6.45, 7) is 4.10. The number of nitrogens with zero attached hydrogens (tertiary/aromatic N) is 3. The van der Waals surface area contributed by atoms with Gasteiger partial charge in [-0.3, -0.25) is 0 Å². The first-order chi connectivity index (χ1) is 7.25. The molecule has 2 aromatic heterocycles. The zero-order valence-electron chi connectivity index (χ0n) is 8.64. The molecule has 0 saturated heterocycles. The van der Waals surface area contributed by atoms with Gasteiger partial charge in [-0.1, -0.05) is 0 Å². The zero-order valence-corrected chi connectivity index (χ0v) is 9.45. The number of aryl methyl sites for hydroxylation is 1. The first-order valence-corrected chi connectivity index (χ1v) is 5.53. The van der Waals surface area contributed by atoms with E-state index in [4.69, 9.17) is 0 Å². The molecule has 1 unspecified atom stereocenters. The predicted octanol–water partition coefficient (Wildman–Crippen LogP) is 2.41. The van der Waals surface area contributed by atoms with Gasteiger partial charge in [0.05, 0.1) is 6.04 Å². The third-order valence-electron chi connectivity index (χ3n) is 1.92. The minimum absolute atomic E-state index is 0.145. The highest BCUT2D eigenvalue weighted by molar-refractivity contribution is 7.11. The van der Waals surface area contributed by atoms with E-state index < -0.39 is 0 Å². The van der Waals surface area contributed by atoms with Crippen LogP contribution >= 0.6 is 11.3 Å². The molecule has 0 amide bonds. The Morgan fingerprint density at radius 3 is 2.60 bits per heavy atom. The topological polar surface area (TPSA) is 50.7 Å². The molecule has 2 rings (SSSR count). The largest absolute Gasteiger partial charge is 0.345 e. The summed E-state index contributed by atoms with van der Waals surface area (Å²) in [4.78, 5) is 13.7. The average molecular weight is 220 g/mol. The van der Waals surface area contributed by atoms with E-state index in [1.807, 2.05) is 13.1 Å². The van der Waals surface area contributed by atoms with Gasteiger partial charge in [-0.15, -0.1) is 11.3 Å². The summed E-state index contributed by atoms with van der Waals surface area (Å²) >= 11 is 1.69. The van der Waals surface area contributed by atoms with Gasteiger partial charge < -0.3 is 5.32 Å². The van der Waals surface area contributed by atoms with E-state index in [1.165, 1.54) is 4.88 Å². The number of nitrogens with one attached hydrogen (secondary N) is 1. The molecule has 0 saturated carbocycles. The number of aromatic nitrogens is 3. The Balaban J connectivity index is 2.07. The van der Waals surface area contributed by atoms with Crippen LogP contribution in [0.1, 0.15) is 22.9 Å². The Bertz CT molecular complexity index is 426. The standard InChI is InChI=1S/C10H12N4S/c1-7-6-13-9(15-7)8(2)14-10-11-4-3-5-12-10/h3-6,8H,1-2H3,(H,11,12,14). The van der Waals surface area contributed by atoms with E-state index in [9.17, 15) is 0 Å². The maximum atomic E-state index is 4.31. The summed E-state index contributed by atoms with van der Waals surface area (Å²) in [5, 5.41) is 4.25. The monoisotopic (exact) mass is 220 g/mol. The Hall–Kier alpha value is -1.49. The van der Waals surface area contributed by atoms with E-state index in [0.29, 0.717) is 5.95 Å². The number of thiazole rings is 1. The Labute approximate surface area is 92.4 Å². The van der Waals surface area contributed by atoms with Crippen molar-refractivity contribution in [3.8, 4) is 0 Å². The van der Waals surface area contributed by atoms with Crippen LogP contribution in [0.4, 0.5) is 5.95 Å². The Morgan fingerprint density at radius 1 is 1.27 bits per heavy atom. The molecule has 0 aromatic carbocycles. The van der Waals surface area contributed by atoms with Gasteiger partial charge in [-0.05, 0) is 19.9 Å².